The SMILES string of the molecule is CC1(C)OC(C)(c2cc(Br)c(Br)c(Br)c2Br)c2c(Br)c(Br)c(Br)c(Br)c21. The van der Waals surface area contributed by atoms with E-state index in [1.54, 1.807) is 0 Å². The molecule has 0 bridgehead atoms. The fourth-order valence-corrected chi connectivity index (χ4v) is 8.73. The fourth-order valence-electron chi connectivity index (χ4n) is 3.37. The smallest absolute Gasteiger partial charge is 0.119 e. The van der Waals surface area contributed by atoms with Crippen molar-refractivity contribution < 1.29 is 4.74 Å². The van der Waals surface area contributed by atoms with Crippen LogP contribution in [0, 0.1) is 0 Å². The van der Waals surface area contributed by atoms with Gasteiger partial charge < -0.3 is 4.74 Å². The molecule has 1 atom stereocenters. The second-order valence-corrected chi connectivity index (χ2v) is 12.9. The van der Waals surface area contributed by atoms with Crippen molar-refractivity contribution in [1.82, 2.24) is 0 Å². The topological polar surface area (TPSA) is 9.23 Å². The van der Waals surface area contributed by atoms with Crippen molar-refractivity contribution in [2.24, 2.45) is 0 Å². The molecule has 0 N–H and O–H groups in total. The van der Waals surface area contributed by atoms with Crippen molar-refractivity contribution in [1.29, 1.82) is 0 Å². The first-order valence-corrected chi connectivity index (χ1v) is 13.6. The number of rotatable bonds is 1. The molecule has 1 heterocycles. The van der Waals surface area contributed by atoms with E-state index in [9.17, 15) is 0 Å². The number of benzene rings is 2. The Balaban J connectivity index is 2.45. The van der Waals surface area contributed by atoms with Crippen LogP contribution in [0.25, 0.3) is 0 Å². The van der Waals surface area contributed by atoms with Crippen molar-refractivity contribution in [2.75, 3.05) is 0 Å². The molecule has 0 radical (unpaired) electrons. The van der Waals surface area contributed by atoms with Crippen LogP contribution in [-0.2, 0) is 15.9 Å². The average Bonchev–Trinajstić information content (AvgIpc) is 2.78. The Kier molecular flexibility index (Phi) is 6.82. The summed E-state index contributed by atoms with van der Waals surface area (Å²) in [6, 6.07) is 2.08. The van der Waals surface area contributed by atoms with E-state index in [4.69, 9.17) is 4.74 Å². The summed E-state index contributed by atoms with van der Waals surface area (Å²) in [6.07, 6.45) is 0. The third kappa shape index (κ3) is 3.39. The van der Waals surface area contributed by atoms with Crippen LogP contribution in [0.5, 0.6) is 0 Å². The zero-order valence-corrected chi connectivity index (χ0v) is 26.2. The molecule has 3 rings (SSSR count). The number of ether oxygens (including phenoxy) is 1. The maximum absolute atomic E-state index is 6.71. The summed E-state index contributed by atoms with van der Waals surface area (Å²) < 4.78 is 14.4. The van der Waals surface area contributed by atoms with E-state index in [-0.39, 0.29) is 0 Å². The Bertz CT molecular complexity index is 953. The standard InChI is InChI=1S/C17H10Br8O/c1-16(2)7-8(12(22)15(25)14(24)11(7)21)17(3,26-16)5-4-6(18)10(20)13(23)9(5)19/h4H,1-3H3. The Labute approximate surface area is 219 Å². The summed E-state index contributed by atoms with van der Waals surface area (Å²) in [6.45, 7) is 6.28. The zero-order chi connectivity index (χ0) is 19.8. The molecule has 2 aromatic rings. The largest absolute Gasteiger partial charge is 0.355 e. The first-order chi connectivity index (χ1) is 11.8. The average molecular weight is 869 g/mol. The van der Waals surface area contributed by atoms with Crippen LogP contribution in [0.2, 0.25) is 0 Å². The molecule has 0 spiro atoms. The van der Waals surface area contributed by atoms with Crippen LogP contribution in [-0.4, -0.2) is 0 Å². The number of hydrogen-bond acceptors (Lipinski definition) is 1. The Morgan fingerprint density at radius 3 is 1.62 bits per heavy atom. The number of hydrogen-bond donors (Lipinski definition) is 0. The highest BCUT2D eigenvalue weighted by atomic mass is 79.9. The molecule has 1 unspecified atom stereocenters. The van der Waals surface area contributed by atoms with Gasteiger partial charge in [-0.2, -0.15) is 0 Å². The third-order valence-corrected chi connectivity index (χ3v) is 13.9. The summed E-state index contributed by atoms with van der Waals surface area (Å²) >= 11 is 29.6. The van der Waals surface area contributed by atoms with E-state index < -0.39 is 11.2 Å². The van der Waals surface area contributed by atoms with Gasteiger partial charge >= 0.3 is 0 Å². The van der Waals surface area contributed by atoms with E-state index in [0.717, 1.165) is 52.5 Å². The van der Waals surface area contributed by atoms with Crippen molar-refractivity contribution in [3.05, 3.63) is 58.5 Å². The quantitative estimate of drug-likeness (QED) is 0.205. The second-order valence-electron chi connectivity index (χ2n) is 6.50. The van der Waals surface area contributed by atoms with Crippen LogP contribution < -0.4 is 0 Å². The lowest BCUT2D eigenvalue weighted by Gasteiger charge is -2.31. The number of halogens is 8. The van der Waals surface area contributed by atoms with Crippen LogP contribution in [0.3, 0.4) is 0 Å². The van der Waals surface area contributed by atoms with Gasteiger partial charge in [0.1, 0.15) is 5.60 Å². The van der Waals surface area contributed by atoms with E-state index in [1.165, 1.54) is 0 Å². The molecule has 1 aliphatic heterocycles. The van der Waals surface area contributed by atoms with E-state index in [0.29, 0.717) is 0 Å². The molecule has 0 amide bonds. The van der Waals surface area contributed by atoms with Crippen LogP contribution in [0.15, 0.2) is 41.8 Å². The van der Waals surface area contributed by atoms with E-state index in [2.05, 4.69) is 154 Å². The van der Waals surface area contributed by atoms with Crippen LogP contribution >= 0.6 is 127 Å². The molecule has 0 saturated carbocycles. The minimum absolute atomic E-state index is 0.486. The van der Waals surface area contributed by atoms with Gasteiger partial charge in [-0.05, 0) is 154 Å². The summed E-state index contributed by atoms with van der Waals surface area (Å²) in [4.78, 5) is 0. The molecule has 0 aromatic heterocycles. The van der Waals surface area contributed by atoms with Crippen LogP contribution in [0.4, 0.5) is 0 Å². The highest BCUT2D eigenvalue weighted by Crippen LogP contribution is 2.60. The lowest BCUT2D eigenvalue weighted by molar-refractivity contribution is -0.0930. The van der Waals surface area contributed by atoms with E-state index >= 15 is 0 Å². The van der Waals surface area contributed by atoms with Gasteiger partial charge in [0.2, 0.25) is 0 Å². The Hall–Kier alpha value is 2.24. The maximum Gasteiger partial charge on any atom is 0.119 e. The number of fused-ring (bicyclic) bond motifs is 1. The molecule has 1 aliphatic rings. The molecule has 9 heteroatoms. The Morgan fingerprint density at radius 2 is 1.08 bits per heavy atom. The molecule has 0 aliphatic carbocycles. The monoisotopic (exact) mass is 861 g/mol. The van der Waals surface area contributed by atoms with Crippen LogP contribution in [0.1, 0.15) is 37.5 Å². The summed E-state index contributed by atoms with van der Waals surface area (Å²) in [5.41, 5.74) is 2.07. The summed E-state index contributed by atoms with van der Waals surface area (Å²) in [5, 5.41) is 0. The van der Waals surface area contributed by atoms with Gasteiger partial charge in [0, 0.05) is 52.5 Å². The van der Waals surface area contributed by atoms with Crippen molar-refractivity contribution >= 4 is 127 Å². The Morgan fingerprint density at radius 1 is 0.615 bits per heavy atom. The molecule has 26 heavy (non-hydrogen) atoms. The van der Waals surface area contributed by atoms with Crippen molar-refractivity contribution in [2.45, 2.75) is 32.0 Å². The molecule has 2 aromatic carbocycles. The molecular weight excluding hydrogens is 859 g/mol. The third-order valence-electron chi connectivity index (χ3n) is 4.42. The summed E-state index contributed by atoms with van der Waals surface area (Å²) in [5.74, 6) is 0. The predicted octanol–water partition coefficient (Wildman–Crippen LogP) is 10.3. The van der Waals surface area contributed by atoms with Gasteiger partial charge in [0.15, 0.2) is 0 Å². The molecule has 0 saturated heterocycles. The molecule has 140 valence electrons. The predicted molar refractivity (Wildman–Crippen MR) is 135 cm³/mol. The van der Waals surface area contributed by atoms with Crippen molar-refractivity contribution in [3.63, 3.8) is 0 Å². The maximum atomic E-state index is 6.71. The van der Waals surface area contributed by atoms with E-state index in [1.807, 2.05) is 0 Å². The molecule has 0 fully saturated rings. The molecule has 1 nitrogen and oxygen atoms in total. The van der Waals surface area contributed by atoms with Crippen molar-refractivity contribution in [3.8, 4) is 0 Å². The second kappa shape index (κ2) is 7.74. The van der Waals surface area contributed by atoms with Gasteiger partial charge in [0.05, 0.1) is 5.60 Å². The first kappa shape index (κ1) is 22.9. The summed E-state index contributed by atoms with van der Waals surface area (Å²) in [7, 11) is 0. The van der Waals surface area contributed by atoms with Gasteiger partial charge in [-0.1, -0.05) is 0 Å². The van der Waals surface area contributed by atoms with Gasteiger partial charge in [-0.25, -0.2) is 0 Å². The van der Waals surface area contributed by atoms with Gasteiger partial charge in [-0.3, -0.25) is 0 Å². The highest BCUT2D eigenvalue weighted by molar-refractivity contribution is 9.15. The lowest BCUT2D eigenvalue weighted by Crippen LogP contribution is -2.28. The highest BCUT2D eigenvalue weighted by Gasteiger charge is 2.51. The normalized spacial score (nSPS) is 21.2. The minimum atomic E-state index is -0.673. The first-order valence-electron chi connectivity index (χ1n) is 7.25. The minimum Gasteiger partial charge on any atom is -0.355 e. The lowest BCUT2D eigenvalue weighted by atomic mass is 9.85. The zero-order valence-electron chi connectivity index (χ0n) is 13.5. The fraction of sp³-hybridized carbons (Fsp3) is 0.294. The van der Waals surface area contributed by atoms with Gasteiger partial charge in [-0.15, -0.1) is 0 Å². The van der Waals surface area contributed by atoms with Gasteiger partial charge in [0.25, 0.3) is 0 Å². The molecular formula is C17H10Br8O.